The van der Waals surface area contributed by atoms with Crippen LogP contribution < -0.4 is 5.32 Å². The molecule has 0 unspecified atom stereocenters. The molecule has 5 nitrogen and oxygen atoms in total. The average Bonchev–Trinajstić information content (AvgIpc) is 3.06. The Balaban J connectivity index is 1.78. The molecule has 0 aliphatic heterocycles. The number of halogens is 2. The van der Waals surface area contributed by atoms with Gasteiger partial charge in [-0.05, 0) is 55.9 Å². The first-order valence-corrected chi connectivity index (χ1v) is 10.5. The van der Waals surface area contributed by atoms with Gasteiger partial charge in [0.05, 0.1) is 17.0 Å². The molecule has 1 heterocycles. The molecular formula is C23H27F2N3O2. The van der Waals surface area contributed by atoms with E-state index in [1.807, 2.05) is 13.8 Å². The second-order valence-electron chi connectivity index (χ2n) is 8.68. The number of hydrogen-bond donors (Lipinski definition) is 1. The van der Waals surface area contributed by atoms with Crippen LogP contribution in [0.4, 0.5) is 8.78 Å². The highest BCUT2D eigenvalue weighted by atomic mass is 19.1. The molecule has 1 aromatic heterocycles. The number of ether oxygens (including phenoxy) is 1. The summed E-state index contributed by atoms with van der Waals surface area (Å²) in [6.45, 7) is 8.55. The fourth-order valence-corrected chi connectivity index (χ4v) is 5.25. The molecule has 0 radical (unpaired) electrons. The van der Waals surface area contributed by atoms with Crippen molar-refractivity contribution in [1.29, 1.82) is 0 Å². The third kappa shape index (κ3) is 2.86. The van der Waals surface area contributed by atoms with Crippen molar-refractivity contribution in [2.24, 2.45) is 5.41 Å². The monoisotopic (exact) mass is 415 g/mol. The summed E-state index contributed by atoms with van der Waals surface area (Å²) in [5.74, 6) is -1.36. The van der Waals surface area contributed by atoms with Crippen LogP contribution in [-0.4, -0.2) is 28.8 Å². The lowest BCUT2D eigenvalue weighted by atomic mass is 9.77. The average molecular weight is 415 g/mol. The van der Waals surface area contributed by atoms with Gasteiger partial charge < -0.3 is 10.1 Å². The summed E-state index contributed by atoms with van der Waals surface area (Å²) in [6.07, 6.45) is 1.53. The highest BCUT2D eigenvalue weighted by molar-refractivity contribution is 5.80. The van der Waals surface area contributed by atoms with Crippen LogP contribution >= 0.6 is 0 Å². The minimum absolute atomic E-state index is 0.114. The molecule has 7 heteroatoms. The Bertz CT molecular complexity index is 974. The van der Waals surface area contributed by atoms with Gasteiger partial charge in [0.15, 0.2) is 0 Å². The van der Waals surface area contributed by atoms with E-state index in [2.05, 4.69) is 29.4 Å². The molecule has 1 aromatic carbocycles. The Morgan fingerprint density at radius 3 is 2.60 bits per heavy atom. The van der Waals surface area contributed by atoms with Crippen molar-refractivity contribution in [3.63, 3.8) is 0 Å². The third-order valence-corrected chi connectivity index (χ3v) is 6.85. The molecule has 160 valence electrons. The SMILES string of the molecule is CCNC(=O)[C@@H](CC)O[C@@]12CC[C@@H](c3cc(-c4c(F)cccc4F)nnc31)C2(C)C. The van der Waals surface area contributed by atoms with Gasteiger partial charge in [0, 0.05) is 12.0 Å². The lowest BCUT2D eigenvalue weighted by molar-refractivity contribution is -0.168. The summed E-state index contributed by atoms with van der Waals surface area (Å²) in [7, 11) is 0. The summed E-state index contributed by atoms with van der Waals surface area (Å²) in [5.41, 5.74) is 0.529. The maximum absolute atomic E-state index is 14.3. The fraction of sp³-hybridized carbons (Fsp3) is 0.522. The minimum Gasteiger partial charge on any atom is -0.355 e. The van der Waals surface area contributed by atoms with E-state index in [4.69, 9.17) is 4.74 Å². The standard InChI is InChI=1S/C23H27F2N3O2/c1-5-18(21(29)26-6-2)30-23-11-10-14(22(23,3)4)13-12-17(27-28-20(13)23)19-15(24)8-7-9-16(19)25/h7-9,12,14,18H,5-6,10-11H2,1-4H3,(H,26,29)/t14-,18+,23-/m0/s1. The first-order chi connectivity index (χ1) is 14.3. The van der Waals surface area contributed by atoms with E-state index in [1.54, 1.807) is 6.07 Å². The van der Waals surface area contributed by atoms with Crippen LogP contribution in [0.1, 0.15) is 64.1 Å². The Labute approximate surface area is 175 Å². The van der Waals surface area contributed by atoms with Crippen LogP contribution in [0, 0.1) is 17.0 Å². The van der Waals surface area contributed by atoms with Gasteiger partial charge in [0.2, 0.25) is 5.91 Å². The number of hydrogen-bond acceptors (Lipinski definition) is 4. The van der Waals surface area contributed by atoms with Crippen LogP contribution in [0.25, 0.3) is 11.3 Å². The van der Waals surface area contributed by atoms with Crippen LogP contribution in [0.5, 0.6) is 0 Å². The van der Waals surface area contributed by atoms with Gasteiger partial charge in [-0.25, -0.2) is 8.78 Å². The molecule has 2 aromatic rings. The highest BCUT2D eigenvalue weighted by Gasteiger charge is 2.65. The Morgan fingerprint density at radius 2 is 1.97 bits per heavy atom. The lowest BCUT2D eigenvalue weighted by Crippen LogP contribution is -2.46. The zero-order valence-corrected chi connectivity index (χ0v) is 17.8. The predicted molar refractivity (Wildman–Crippen MR) is 109 cm³/mol. The van der Waals surface area contributed by atoms with Gasteiger partial charge in [-0.3, -0.25) is 4.79 Å². The van der Waals surface area contributed by atoms with E-state index in [0.29, 0.717) is 18.7 Å². The van der Waals surface area contributed by atoms with E-state index in [9.17, 15) is 13.6 Å². The number of carbonyl (C=O) groups excluding carboxylic acids is 1. The Kier molecular flexibility index (Phi) is 5.12. The molecular weight excluding hydrogens is 388 g/mol. The molecule has 0 spiro atoms. The summed E-state index contributed by atoms with van der Waals surface area (Å²) >= 11 is 0. The number of carbonyl (C=O) groups is 1. The van der Waals surface area contributed by atoms with Crippen molar-refractivity contribution in [3.8, 4) is 11.3 Å². The van der Waals surface area contributed by atoms with Gasteiger partial charge in [-0.2, -0.15) is 5.10 Å². The zero-order valence-electron chi connectivity index (χ0n) is 17.8. The Morgan fingerprint density at radius 1 is 1.27 bits per heavy atom. The first kappa shape index (κ1) is 20.8. The van der Waals surface area contributed by atoms with Crippen LogP contribution in [0.3, 0.4) is 0 Å². The summed E-state index contributed by atoms with van der Waals surface area (Å²) in [5, 5.41) is 11.4. The van der Waals surface area contributed by atoms with Crippen molar-refractivity contribution in [1.82, 2.24) is 15.5 Å². The molecule has 1 fully saturated rings. The summed E-state index contributed by atoms with van der Waals surface area (Å²) < 4.78 is 35.1. The number of likely N-dealkylation sites (N-methyl/N-ethyl adjacent to an activating group) is 1. The van der Waals surface area contributed by atoms with E-state index in [1.165, 1.54) is 18.2 Å². The number of nitrogens with one attached hydrogen (secondary N) is 1. The molecule has 2 bridgehead atoms. The second-order valence-corrected chi connectivity index (χ2v) is 8.68. The van der Waals surface area contributed by atoms with Crippen molar-refractivity contribution in [3.05, 3.63) is 47.2 Å². The van der Waals surface area contributed by atoms with E-state index in [-0.39, 0.29) is 28.5 Å². The maximum Gasteiger partial charge on any atom is 0.249 e. The smallest absolute Gasteiger partial charge is 0.249 e. The Hall–Kier alpha value is -2.41. The molecule has 2 aliphatic carbocycles. The lowest BCUT2D eigenvalue weighted by Gasteiger charge is -2.40. The van der Waals surface area contributed by atoms with E-state index in [0.717, 1.165) is 18.4 Å². The number of rotatable bonds is 6. The number of benzene rings is 1. The van der Waals surface area contributed by atoms with E-state index >= 15 is 0 Å². The zero-order chi connectivity index (χ0) is 21.7. The molecule has 2 aliphatic rings. The predicted octanol–water partition coefficient (Wildman–Crippen LogP) is 4.47. The van der Waals surface area contributed by atoms with Crippen LogP contribution in [-0.2, 0) is 15.1 Å². The molecule has 3 atom stereocenters. The highest BCUT2D eigenvalue weighted by Crippen LogP contribution is 2.68. The molecule has 1 N–H and O–H groups in total. The van der Waals surface area contributed by atoms with Crippen LogP contribution in [0.2, 0.25) is 0 Å². The van der Waals surface area contributed by atoms with Gasteiger partial charge in [-0.15, -0.1) is 5.10 Å². The number of nitrogens with zero attached hydrogens (tertiary/aromatic N) is 2. The van der Waals surface area contributed by atoms with Gasteiger partial charge in [-0.1, -0.05) is 26.8 Å². The molecule has 0 saturated heterocycles. The third-order valence-electron chi connectivity index (χ3n) is 6.85. The van der Waals surface area contributed by atoms with Crippen LogP contribution in [0.15, 0.2) is 24.3 Å². The summed E-state index contributed by atoms with van der Waals surface area (Å²) in [4.78, 5) is 12.5. The first-order valence-electron chi connectivity index (χ1n) is 10.5. The number of amides is 1. The van der Waals surface area contributed by atoms with Gasteiger partial charge >= 0.3 is 0 Å². The summed E-state index contributed by atoms with van der Waals surface area (Å²) in [6, 6.07) is 5.50. The molecule has 1 amide bonds. The number of aromatic nitrogens is 2. The number of fused-ring (bicyclic) bond motifs is 5. The molecule has 1 saturated carbocycles. The van der Waals surface area contributed by atoms with Crippen molar-refractivity contribution in [2.45, 2.75) is 64.6 Å². The topological polar surface area (TPSA) is 64.1 Å². The second kappa shape index (κ2) is 7.38. The molecule has 30 heavy (non-hydrogen) atoms. The van der Waals surface area contributed by atoms with Crippen molar-refractivity contribution < 1.29 is 18.3 Å². The van der Waals surface area contributed by atoms with Gasteiger partial charge in [0.1, 0.15) is 23.3 Å². The quantitative estimate of drug-likeness (QED) is 0.756. The normalized spacial score (nSPS) is 24.5. The minimum atomic E-state index is -0.752. The van der Waals surface area contributed by atoms with Crippen molar-refractivity contribution in [2.75, 3.05) is 6.54 Å². The van der Waals surface area contributed by atoms with Gasteiger partial charge in [0.25, 0.3) is 0 Å². The largest absolute Gasteiger partial charge is 0.355 e. The van der Waals surface area contributed by atoms with Crippen molar-refractivity contribution >= 4 is 5.91 Å². The maximum atomic E-state index is 14.3. The fourth-order valence-electron chi connectivity index (χ4n) is 5.25. The molecule has 4 rings (SSSR count). The van der Waals surface area contributed by atoms with E-state index < -0.39 is 23.3 Å².